The fourth-order valence-electron chi connectivity index (χ4n) is 1.85. The minimum absolute atomic E-state index is 0.176. The van der Waals surface area contributed by atoms with Crippen LogP contribution in [0.1, 0.15) is 25.3 Å². The molecule has 0 aromatic heterocycles. The van der Waals surface area contributed by atoms with Crippen LogP contribution in [0.3, 0.4) is 0 Å². The van der Waals surface area contributed by atoms with Crippen LogP contribution in [0.2, 0.25) is 5.02 Å². The third-order valence-electron chi connectivity index (χ3n) is 2.92. The third-order valence-corrected chi connectivity index (χ3v) is 3.21. The average Bonchev–Trinajstić information content (AvgIpc) is 2.48. The number of hydrogen-bond acceptors (Lipinski definition) is 4. The number of nitrogens with zero attached hydrogens (tertiary/aromatic N) is 1. The maximum absolute atomic E-state index is 11.9. The lowest BCUT2D eigenvalue weighted by Crippen LogP contribution is -2.36. The Morgan fingerprint density at radius 1 is 1.48 bits per heavy atom. The largest absolute Gasteiger partial charge is 0.492 e. The molecule has 0 aliphatic carbocycles. The fraction of sp³-hybridized carbons (Fsp3) is 0.357. The molecule has 0 spiro atoms. The van der Waals surface area contributed by atoms with Gasteiger partial charge >= 0.3 is 0 Å². The predicted molar refractivity (Wildman–Crippen MR) is 79.3 cm³/mol. The Morgan fingerprint density at radius 2 is 2.29 bits per heavy atom. The van der Waals surface area contributed by atoms with E-state index in [9.17, 15) is 9.59 Å². The Kier molecular flexibility index (Phi) is 5.16. The van der Waals surface area contributed by atoms with Gasteiger partial charge in [0.25, 0.3) is 5.91 Å². The van der Waals surface area contributed by atoms with Gasteiger partial charge < -0.3 is 10.1 Å². The first-order chi connectivity index (χ1) is 10.1. The van der Waals surface area contributed by atoms with E-state index in [1.807, 2.05) is 13.0 Å². The molecule has 2 amide bonds. The molecule has 0 fully saturated rings. The van der Waals surface area contributed by atoms with Gasteiger partial charge in [0.15, 0.2) is 0 Å². The average molecular weight is 310 g/mol. The van der Waals surface area contributed by atoms with Crippen LogP contribution in [-0.4, -0.2) is 24.1 Å². The zero-order valence-electron chi connectivity index (χ0n) is 11.6. The van der Waals surface area contributed by atoms with Crippen molar-refractivity contribution in [3.8, 4) is 5.75 Å². The van der Waals surface area contributed by atoms with Gasteiger partial charge in [-0.15, -0.1) is 0 Å². The van der Waals surface area contributed by atoms with E-state index in [2.05, 4.69) is 15.8 Å². The molecule has 0 unspecified atom stereocenters. The summed E-state index contributed by atoms with van der Waals surface area (Å²) in [6.07, 6.45) is 0.628. The van der Waals surface area contributed by atoms with Crippen LogP contribution >= 0.6 is 11.6 Å². The smallest absolute Gasteiger partial charge is 0.267 e. The minimum Gasteiger partial charge on any atom is -0.492 e. The highest BCUT2D eigenvalue weighted by Gasteiger charge is 2.17. The van der Waals surface area contributed by atoms with E-state index in [4.69, 9.17) is 16.3 Å². The van der Waals surface area contributed by atoms with E-state index in [0.29, 0.717) is 36.1 Å². The Bertz CT molecular complexity index is 587. The monoisotopic (exact) mass is 309 g/mol. The number of hydrazone groups is 1. The van der Waals surface area contributed by atoms with Gasteiger partial charge in [-0.3, -0.25) is 9.59 Å². The molecule has 112 valence electrons. The van der Waals surface area contributed by atoms with Crippen LogP contribution in [0, 0.1) is 0 Å². The second kappa shape index (κ2) is 7.08. The molecular formula is C14H16ClN3O3. The quantitative estimate of drug-likeness (QED) is 0.867. The molecule has 1 aromatic rings. The second-order valence-corrected chi connectivity index (χ2v) is 4.88. The van der Waals surface area contributed by atoms with Gasteiger partial charge in [-0.05, 0) is 24.6 Å². The molecule has 0 radical (unpaired) electrons. The van der Waals surface area contributed by atoms with Crippen molar-refractivity contribution >= 4 is 29.1 Å². The summed E-state index contributed by atoms with van der Waals surface area (Å²) in [4.78, 5) is 22.8. The number of halogens is 1. The number of amides is 2. The lowest BCUT2D eigenvalue weighted by Gasteiger charge is -2.12. The fourth-order valence-corrected chi connectivity index (χ4v) is 2.11. The van der Waals surface area contributed by atoms with Crippen molar-refractivity contribution < 1.29 is 14.3 Å². The Morgan fingerprint density at radius 3 is 2.90 bits per heavy atom. The number of nitrogens with one attached hydrogen (secondary N) is 2. The number of benzene rings is 1. The van der Waals surface area contributed by atoms with Gasteiger partial charge in [0.2, 0.25) is 5.91 Å². The first kappa shape index (κ1) is 15.3. The van der Waals surface area contributed by atoms with Crippen LogP contribution in [0.15, 0.2) is 23.3 Å². The van der Waals surface area contributed by atoms with Gasteiger partial charge in [-0.2, -0.15) is 5.10 Å². The number of carbonyl (C=O) groups is 2. The zero-order valence-corrected chi connectivity index (χ0v) is 12.4. The van der Waals surface area contributed by atoms with Crippen molar-refractivity contribution in [2.24, 2.45) is 5.10 Å². The Balaban J connectivity index is 1.92. The summed E-state index contributed by atoms with van der Waals surface area (Å²) in [5, 5.41) is 6.98. The van der Waals surface area contributed by atoms with Crippen molar-refractivity contribution in [2.45, 2.75) is 26.3 Å². The van der Waals surface area contributed by atoms with Crippen molar-refractivity contribution in [3.63, 3.8) is 0 Å². The number of rotatable bonds is 5. The maximum Gasteiger partial charge on any atom is 0.267 e. The van der Waals surface area contributed by atoms with E-state index < -0.39 is 0 Å². The third kappa shape index (κ3) is 4.19. The molecule has 21 heavy (non-hydrogen) atoms. The van der Waals surface area contributed by atoms with Gasteiger partial charge in [0, 0.05) is 19.4 Å². The maximum atomic E-state index is 11.9. The van der Waals surface area contributed by atoms with E-state index >= 15 is 0 Å². The minimum atomic E-state index is -0.292. The standard InChI is InChI=1S/C14H16ClN3O3/c1-2-21-12-5-3-9(7-10(12)15)8-16-14(20)11-4-6-13(19)18-17-11/h3,5,7H,2,4,6,8H2,1H3,(H,16,20)(H,18,19). The van der Waals surface area contributed by atoms with E-state index in [1.165, 1.54) is 0 Å². The van der Waals surface area contributed by atoms with Crippen molar-refractivity contribution in [3.05, 3.63) is 28.8 Å². The zero-order chi connectivity index (χ0) is 15.2. The molecule has 1 aliphatic rings. The van der Waals surface area contributed by atoms with E-state index in [-0.39, 0.29) is 18.2 Å². The summed E-state index contributed by atoms with van der Waals surface area (Å²) in [6, 6.07) is 5.35. The predicted octanol–water partition coefficient (Wildman–Crippen LogP) is 1.62. The number of hydrogen-bond donors (Lipinski definition) is 2. The summed E-state index contributed by atoms with van der Waals surface area (Å²) in [6.45, 7) is 2.76. The number of carbonyl (C=O) groups excluding carboxylic acids is 2. The Hall–Kier alpha value is -2.08. The molecular weight excluding hydrogens is 294 g/mol. The molecule has 0 saturated carbocycles. The van der Waals surface area contributed by atoms with Gasteiger partial charge in [-0.25, -0.2) is 5.43 Å². The van der Waals surface area contributed by atoms with E-state index in [0.717, 1.165) is 5.56 Å². The molecule has 1 aromatic carbocycles. The Labute approximate surface area is 127 Å². The first-order valence-corrected chi connectivity index (χ1v) is 7.02. The van der Waals surface area contributed by atoms with Gasteiger partial charge in [0.1, 0.15) is 11.5 Å². The highest BCUT2D eigenvalue weighted by Crippen LogP contribution is 2.25. The van der Waals surface area contributed by atoms with Crippen molar-refractivity contribution in [2.75, 3.05) is 6.61 Å². The normalized spacial score (nSPS) is 14.2. The van der Waals surface area contributed by atoms with E-state index in [1.54, 1.807) is 12.1 Å². The molecule has 0 atom stereocenters. The first-order valence-electron chi connectivity index (χ1n) is 6.65. The topological polar surface area (TPSA) is 79.8 Å². The van der Waals surface area contributed by atoms with Crippen molar-refractivity contribution in [1.82, 2.24) is 10.7 Å². The van der Waals surface area contributed by atoms with Crippen LogP contribution < -0.4 is 15.5 Å². The summed E-state index contributed by atoms with van der Waals surface area (Å²) in [5.74, 6) is 0.151. The lowest BCUT2D eigenvalue weighted by atomic mass is 10.1. The second-order valence-electron chi connectivity index (χ2n) is 4.47. The SMILES string of the molecule is CCOc1ccc(CNC(=O)C2=NNC(=O)CC2)cc1Cl. The summed E-state index contributed by atoms with van der Waals surface area (Å²) >= 11 is 6.08. The summed E-state index contributed by atoms with van der Waals surface area (Å²) < 4.78 is 5.34. The highest BCUT2D eigenvalue weighted by atomic mass is 35.5. The molecule has 6 nitrogen and oxygen atoms in total. The van der Waals surface area contributed by atoms with Crippen LogP contribution in [0.25, 0.3) is 0 Å². The van der Waals surface area contributed by atoms with Crippen molar-refractivity contribution in [1.29, 1.82) is 0 Å². The molecule has 1 aliphatic heterocycles. The van der Waals surface area contributed by atoms with Gasteiger partial charge in [-0.1, -0.05) is 17.7 Å². The summed E-state index contributed by atoms with van der Waals surface area (Å²) in [7, 11) is 0. The molecule has 2 rings (SSSR count). The molecule has 7 heteroatoms. The molecule has 0 saturated heterocycles. The highest BCUT2D eigenvalue weighted by molar-refractivity contribution is 6.39. The van der Waals surface area contributed by atoms with Crippen LogP contribution in [-0.2, 0) is 16.1 Å². The molecule has 0 bridgehead atoms. The number of ether oxygens (including phenoxy) is 1. The summed E-state index contributed by atoms with van der Waals surface area (Å²) in [5.41, 5.74) is 3.48. The molecule has 1 heterocycles. The van der Waals surface area contributed by atoms with Crippen LogP contribution in [0.4, 0.5) is 0 Å². The van der Waals surface area contributed by atoms with Gasteiger partial charge in [0.05, 0.1) is 11.6 Å². The van der Waals surface area contributed by atoms with Crippen LogP contribution in [0.5, 0.6) is 5.75 Å². The lowest BCUT2D eigenvalue weighted by molar-refractivity contribution is -0.121. The molecule has 2 N–H and O–H groups in total.